The highest BCUT2D eigenvalue weighted by molar-refractivity contribution is 7.17. The number of amides is 1. The van der Waals surface area contributed by atoms with E-state index in [1.165, 1.54) is 22.3 Å². The van der Waals surface area contributed by atoms with Gasteiger partial charge in [0.25, 0.3) is 5.91 Å². The Kier molecular flexibility index (Phi) is 6.68. The normalized spacial score (nSPS) is 17.0. The van der Waals surface area contributed by atoms with Gasteiger partial charge >= 0.3 is 0 Å². The average molecular weight is 420 g/mol. The van der Waals surface area contributed by atoms with Gasteiger partial charge in [-0.15, -0.1) is 11.3 Å². The summed E-state index contributed by atoms with van der Waals surface area (Å²) >= 11 is 1.37. The van der Waals surface area contributed by atoms with Crippen molar-refractivity contribution in [3.63, 3.8) is 0 Å². The first-order valence-corrected chi connectivity index (χ1v) is 10.4. The highest BCUT2D eigenvalue weighted by atomic mass is 32.1. The number of carbonyl (C=O) groups excluding carboxylic acids is 1. The van der Waals surface area contributed by atoms with Gasteiger partial charge in [-0.25, -0.2) is 18.7 Å². The van der Waals surface area contributed by atoms with Gasteiger partial charge in [0.2, 0.25) is 5.95 Å². The molecule has 0 spiro atoms. The van der Waals surface area contributed by atoms with Crippen LogP contribution < -0.4 is 5.32 Å². The third-order valence-electron chi connectivity index (χ3n) is 4.50. The number of aromatic nitrogens is 3. The Morgan fingerprint density at radius 3 is 2.83 bits per heavy atom. The lowest BCUT2D eigenvalue weighted by Crippen LogP contribution is -2.30. The zero-order chi connectivity index (χ0) is 21.0. The van der Waals surface area contributed by atoms with E-state index in [9.17, 15) is 13.6 Å². The van der Waals surface area contributed by atoms with Crippen LogP contribution in [0.2, 0.25) is 0 Å². The molecule has 0 saturated carbocycles. The minimum atomic E-state index is -0.993. The molecule has 29 heavy (non-hydrogen) atoms. The number of halogens is 2. The maximum absolute atomic E-state index is 13.5. The van der Waals surface area contributed by atoms with Gasteiger partial charge in [-0.3, -0.25) is 9.78 Å². The van der Waals surface area contributed by atoms with Gasteiger partial charge in [0.15, 0.2) is 5.69 Å². The van der Waals surface area contributed by atoms with Crippen LogP contribution in [0.15, 0.2) is 29.9 Å². The zero-order valence-corrected chi connectivity index (χ0v) is 17.3. The van der Waals surface area contributed by atoms with Crippen molar-refractivity contribution in [2.75, 3.05) is 18.4 Å². The minimum absolute atomic E-state index is 0.0871. The van der Waals surface area contributed by atoms with Crippen LogP contribution in [0.5, 0.6) is 0 Å². The fourth-order valence-electron chi connectivity index (χ4n) is 3.07. The smallest absolute Gasteiger partial charge is 0.274 e. The molecule has 3 aromatic heterocycles. The van der Waals surface area contributed by atoms with Crippen molar-refractivity contribution in [2.24, 2.45) is 0 Å². The third-order valence-corrected chi connectivity index (χ3v) is 5.41. The van der Waals surface area contributed by atoms with Crippen LogP contribution in [0.25, 0.3) is 10.2 Å². The first kappa shape index (κ1) is 21.0. The van der Waals surface area contributed by atoms with Crippen LogP contribution in [-0.2, 0) is 0 Å². The van der Waals surface area contributed by atoms with Crippen LogP contribution >= 0.6 is 11.3 Å². The van der Waals surface area contributed by atoms with Crippen molar-refractivity contribution >= 4 is 33.4 Å². The number of thiophene rings is 1. The summed E-state index contributed by atoms with van der Waals surface area (Å²) in [4.78, 5) is 27.0. The average Bonchev–Trinajstić information content (AvgIpc) is 3.37. The summed E-state index contributed by atoms with van der Waals surface area (Å²) in [5.41, 5.74) is 1.54. The lowest BCUT2D eigenvalue weighted by Gasteiger charge is -2.17. The second-order valence-corrected chi connectivity index (χ2v) is 7.39. The van der Waals surface area contributed by atoms with Gasteiger partial charge in [0.05, 0.1) is 29.0 Å². The molecule has 9 heteroatoms. The summed E-state index contributed by atoms with van der Waals surface area (Å²) < 4.78 is 27.6. The van der Waals surface area contributed by atoms with Crippen molar-refractivity contribution in [3.05, 3.63) is 47.0 Å². The third kappa shape index (κ3) is 4.67. The first-order chi connectivity index (χ1) is 14.0. The number of hydrogen-bond donors (Lipinski definition) is 1. The van der Waals surface area contributed by atoms with E-state index in [0.29, 0.717) is 28.7 Å². The Morgan fingerprint density at radius 1 is 1.34 bits per heavy atom. The second-order valence-electron chi connectivity index (χ2n) is 6.47. The molecule has 0 aromatic carbocycles. The van der Waals surface area contributed by atoms with Crippen molar-refractivity contribution in [1.82, 2.24) is 19.9 Å². The number of anilines is 1. The van der Waals surface area contributed by atoms with Crippen LogP contribution in [0.1, 0.15) is 49.3 Å². The molecule has 1 N–H and O–H groups in total. The number of nitrogens with one attached hydrogen (secondary N) is 1. The molecule has 4 rings (SSSR count). The van der Waals surface area contributed by atoms with E-state index >= 15 is 0 Å². The largest absolute Gasteiger partial charge is 0.348 e. The molecule has 3 aromatic rings. The highest BCUT2D eigenvalue weighted by Crippen LogP contribution is 2.27. The number of nitrogens with zero attached hydrogens (tertiary/aromatic N) is 4. The molecular formula is C20H23F2N5OS. The number of fused-ring (bicyclic) bond motifs is 1. The molecule has 1 fully saturated rings. The molecule has 1 unspecified atom stereocenters. The number of pyridine rings is 1. The van der Waals surface area contributed by atoms with Crippen molar-refractivity contribution < 1.29 is 13.6 Å². The summed E-state index contributed by atoms with van der Waals surface area (Å²) in [7, 11) is 0. The maximum Gasteiger partial charge on any atom is 0.274 e. The Hall–Kier alpha value is -2.68. The van der Waals surface area contributed by atoms with E-state index < -0.39 is 12.0 Å². The molecule has 0 bridgehead atoms. The highest BCUT2D eigenvalue weighted by Gasteiger charge is 2.29. The van der Waals surface area contributed by atoms with E-state index in [-0.39, 0.29) is 30.1 Å². The molecule has 1 amide bonds. The number of carbonyl (C=O) groups is 1. The molecule has 6 nitrogen and oxygen atoms in total. The van der Waals surface area contributed by atoms with Crippen molar-refractivity contribution in [3.8, 4) is 0 Å². The Morgan fingerprint density at radius 2 is 2.14 bits per heavy atom. The molecule has 1 aliphatic heterocycles. The zero-order valence-electron chi connectivity index (χ0n) is 16.5. The van der Waals surface area contributed by atoms with E-state index in [1.54, 1.807) is 12.3 Å². The number of likely N-dealkylation sites (tertiary alicyclic amines) is 1. The van der Waals surface area contributed by atoms with E-state index in [1.807, 2.05) is 26.2 Å². The molecule has 1 aliphatic rings. The standard InChI is InChI=1S/C18H17F2N5OS.C2H6/c1-10(11-6-13(20)8-21-7-11)22-18-23-14-3-5-27-16(14)15(24-18)17(26)25-4-2-12(19)9-25;1-2/h3,5-8,10,12H,2,4,9H2,1H3,(H,22,23,24);1-2H3/t10?,12-;/m1./s1. The summed E-state index contributed by atoms with van der Waals surface area (Å²) in [6.07, 6.45) is 2.04. The first-order valence-electron chi connectivity index (χ1n) is 9.57. The van der Waals surface area contributed by atoms with Crippen LogP contribution in [0.3, 0.4) is 0 Å². The molecule has 4 heterocycles. The molecular weight excluding hydrogens is 396 g/mol. The molecule has 0 aliphatic carbocycles. The number of rotatable bonds is 4. The van der Waals surface area contributed by atoms with Gasteiger partial charge in [-0.05, 0) is 36.4 Å². The fourth-order valence-corrected chi connectivity index (χ4v) is 3.88. The predicted octanol–water partition coefficient (Wildman–Crippen LogP) is 4.61. The Balaban J connectivity index is 0.00000117. The van der Waals surface area contributed by atoms with E-state index in [2.05, 4.69) is 20.3 Å². The van der Waals surface area contributed by atoms with Crippen LogP contribution in [0.4, 0.5) is 14.7 Å². The van der Waals surface area contributed by atoms with E-state index in [0.717, 1.165) is 6.20 Å². The lowest BCUT2D eigenvalue weighted by molar-refractivity contribution is 0.0779. The maximum atomic E-state index is 13.5. The van der Waals surface area contributed by atoms with Crippen LogP contribution in [-0.4, -0.2) is 45.0 Å². The number of hydrogen-bond acceptors (Lipinski definition) is 6. The quantitative estimate of drug-likeness (QED) is 0.669. The van der Waals surface area contributed by atoms with Crippen molar-refractivity contribution in [1.29, 1.82) is 0 Å². The SMILES string of the molecule is CC.CC(Nc1nc(C(=O)N2CC[C@@H](F)C2)c2sccc2n1)c1cncc(F)c1. The molecule has 0 radical (unpaired) electrons. The summed E-state index contributed by atoms with van der Waals surface area (Å²) in [6.45, 7) is 6.29. The summed E-state index contributed by atoms with van der Waals surface area (Å²) in [5.74, 6) is -0.467. The summed E-state index contributed by atoms with van der Waals surface area (Å²) in [5, 5.41) is 4.93. The predicted molar refractivity (Wildman–Crippen MR) is 110 cm³/mol. The van der Waals surface area contributed by atoms with Gasteiger partial charge in [-0.2, -0.15) is 0 Å². The Labute approximate surface area is 172 Å². The summed E-state index contributed by atoms with van der Waals surface area (Å²) in [6, 6.07) is 2.88. The monoisotopic (exact) mass is 419 g/mol. The van der Waals surface area contributed by atoms with Gasteiger partial charge < -0.3 is 10.2 Å². The Bertz CT molecular complexity index is 996. The lowest BCUT2D eigenvalue weighted by atomic mass is 10.1. The minimum Gasteiger partial charge on any atom is -0.348 e. The van der Waals surface area contributed by atoms with E-state index in [4.69, 9.17) is 0 Å². The van der Waals surface area contributed by atoms with Crippen LogP contribution in [0, 0.1) is 5.82 Å². The fraction of sp³-hybridized carbons (Fsp3) is 0.400. The van der Waals surface area contributed by atoms with Gasteiger partial charge in [0, 0.05) is 12.7 Å². The molecule has 1 saturated heterocycles. The number of alkyl halides is 1. The van der Waals surface area contributed by atoms with Gasteiger partial charge in [-0.1, -0.05) is 13.8 Å². The second kappa shape index (κ2) is 9.21. The molecule has 154 valence electrons. The topological polar surface area (TPSA) is 71.0 Å². The van der Waals surface area contributed by atoms with Gasteiger partial charge in [0.1, 0.15) is 12.0 Å². The molecule has 2 atom stereocenters. The van der Waals surface area contributed by atoms with Crippen molar-refractivity contribution in [2.45, 2.75) is 39.4 Å².